The van der Waals surface area contributed by atoms with Crippen LogP contribution in [0.25, 0.3) is 0 Å². The van der Waals surface area contributed by atoms with Crippen LogP contribution in [0.1, 0.15) is 32.6 Å². The van der Waals surface area contributed by atoms with E-state index in [4.69, 9.17) is 26.6 Å². The highest BCUT2D eigenvalue weighted by Gasteiger charge is 2.39. The Morgan fingerprint density at radius 2 is 1.62 bits per heavy atom. The van der Waals surface area contributed by atoms with Gasteiger partial charge in [-0.25, -0.2) is 30.7 Å². The maximum Gasteiger partial charge on any atom is 0.0353 e. The van der Waals surface area contributed by atoms with Crippen LogP contribution in [0.5, 0.6) is 0 Å². The molecule has 76 valence electrons. The lowest BCUT2D eigenvalue weighted by molar-refractivity contribution is 0.00294. The third-order valence-electron chi connectivity index (χ3n) is 3.42. The van der Waals surface area contributed by atoms with E-state index in [0.717, 1.165) is 17.8 Å². The standard InChI is InChI=1S/C9H15OS3/c1-6-2-7(3-6)8-4-9(5-8)10-13(11)12/h6-9H,2-5H2,1H3/q-1. The van der Waals surface area contributed by atoms with Crippen LogP contribution in [0, 0.1) is 17.8 Å². The van der Waals surface area contributed by atoms with E-state index < -0.39 is 8.29 Å². The molecule has 2 aliphatic rings. The minimum absolute atomic E-state index is 0.402. The molecule has 0 aromatic heterocycles. The van der Waals surface area contributed by atoms with Crippen molar-refractivity contribution in [3.8, 4) is 0 Å². The quantitative estimate of drug-likeness (QED) is 0.695. The molecule has 0 amide bonds. The van der Waals surface area contributed by atoms with Gasteiger partial charge >= 0.3 is 0 Å². The van der Waals surface area contributed by atoms with Gasteiger partial charge in [-0.15, -0.1) is 0 Å². The fraction of sp³-hybridized carbons (Fsp3) is 1.00. The monoisotopic (exact) mass is 235 g/mol. The summed E-state index contributed by atoms with van der Waals surface area (Å²) in [6.07, 6.45) is 5.71. The van der Waals surface area contributed by atoms with Crippen LogP contribution in [0.2, 0.25) is 0 Å². The molecule has 4 heteroatoms. The molecule has 0 aromatic carbocycles. The number of hydrogen-bond acceptors (Lipinski definition) is 4. The highest BCUT2D eigenvalue weighted by molar-refractivity contribution is 8.44. The first-order chi connectivity index (χ1) is 6.15. The fourth-order valence-corrected chi connectivity index (χ4v) is 3.58. The Balaban J connectivity index is 1.67. The van der Waals surface area contributed by atoms with E-state index in [2.05, 4.69) is 6.92 Å². The lowest BCUT2D eigenvalue weighted by Gasteiger charge is -2.47. The van der Waals surface area contributed by atoms with Crippen LogP contribution in [-0.4, -0.2) is 6.10 Å². The van der Waals surface area contributed by atoms with Gasteiger partial charge in [0.1, 0.15) is 0 Å². The van der Waals surface area contributed by atoms with Crippen LogP contribution < -0.4 is 0 Å². The molecule has 0 heterocycles. The molecule has 0 aliphatic heterocycles. The van der Waals surface area contributed by atoms with E-state index in [9.17, 15) is 0 Å². The number of hydrogen-bond donors (Lipinski definition) is 0. The molecule has 0 bridgehead atoms. The maximum atomic E-state index is 5.42. The second-order valence-corrected chi connectivity index (χ2v) is 7.54. The zero-order valence-electron chi connectivity index (χ0n) is 7.77. The fourth-order valence-electron chi connectivity index (χ4n) is 2.53. The summed E-state index contributed by atoms with van der Waals surface area (Å²) in [6, 6.07) is 0. The summed E-state index contributed by atoms with van der Waals surface area (Å²) < 4.78 is 5.42. The molecule has 0 saturated heterocycles. The lowest BCUT2D eigenvalue weighted by Crippen LogP contribution is -2.40. The molecular weight excluding hydrogens is 220 g/mol. The van der Waals surface area contributed by atoms with E-state index >= 15 is 0 Å². The van der Waals surface area contributed by atoms with Crippen LogP contribution in [0.3, 0.4) is 0 Å². The van der Waals surface area contributed by atoms with Crippen LogP contribution in [0.15, 0.2) is 0 Å². The van der Waals surface area contributed by atoms with Crippen molar-refractivity contribution < 1.29 is 4.18 Å². The van der Waals surface area contributed by atoms with Gasteiger partial charge in [0.15, 0.2) is 0 Å². The molecule has 2 saturated carbocycles. The largest absolute Gasteiger partial charge is 0.464 e. The second kappa shape index (κ2) is 4.09. The van der Waals surface area contributed by atoms with Crippen molar-refractivity contribution in [2.45, 2.75) is 38.7 Å². The molecule has 2 fully saturated rings. The highest BCUT2D eigenvalue weighted by Crippen LogP contribution is 2.47. The SMILES string of the molecule is CC1CC(C2CC(O[S-](=S)=S)C2)C1. The van der Waals surface area contributed by atoms with Gasteiger partial charge in [-0.05, 0) is 43.4 Å². The summed E-state index contributed by atoms with van der Waals surface area (Å²) in [5, 5.41) is 0. The van der Waals surface area contributed by atoms with Gasteiger partial charge in [-0.3, -0.25) is 0 Å². The molecule has 13 heavy (non-hydrogen) atoms. The molecule has 2 aliphatic carbocycles. The van der Waals surface area contributed by atoms with Gasteiger partial charge in [0.05, 0.1) is 0 Å². The first-order valence-electron chi connectivity index (χ1n) is 4.91. The maximum absolute atomic E-state index is 5.42. The Hall–Kier alpha value is 0.750. The van der Waals surface area contributed by atoms with E-state index in [1.165, 1.54) is 25.7 Å². The van der Waals surface area contributed by atoms with E-state index in [0.29, 0.717) is 6.10 Å². The summed E-state index contributed by atoms with van der Waals surface area (Å²) in [5.41, 5.74) is 0. The Labute approximate surface area is 91.3 Å². The van der Waals surface area contributed by atoms with Gasteiger partial charge in [0.2, 0.25) is 0 Å². The molecule has 1 nitrogen and oxygen atoms in total. The minimum Gasteiger partial charge on any atom is -0.464 e. The van der Waals surface area contributed by atoms with E-state index in [1.54, 1.807) is 0 Å². The highest BCUT2D eigenvalue weighted by atomic mass is 33.1. The van der Waals surface area contributed by atoms with Gasteiger partial charge in [0, 0.05) is 6.10 Å². The van der Waals surface area contributed by atoms with E-state index in [1.807, 2.05) is 0 Å². The normalized spacial score (nSPS) is 44.2. The van der Waals surface area contributed by atoms with Crippen LogP contribution in [0.4, 0.5) is 0 Å². The molecule has 0 aromatic rings. The molecule has 0 unspecified atom stereocenters. The molecule has 2 rings (SSSR count). The molecule has 0 radical (unpaired) electrons. The Morgan fingerprint density at radius 1 is 1.08 bits per heavy atom. The first-order valence-corrected chi connectivity index (χ1v) is 7.91. The Bertz CT molecular complexity index is 242. The van der Waals surface area contributed by atoms with Crippen molar-refractivity contribution in [3.63, 3.8) is 0 Å². The first kappa shape index (κ1) is 10.3. The summed E-state index contributed by atoms with van der Waals surface area (Å²) in [6.45, 7) is 2.34. The second-order valence-electron chi connectivity index (χ2n) is 4.49. The predicted octanol–water partition coefficient (Wildman–Crippen LogP) is 2.28. The van der Waals surface area contributed by atoms with E-state index in [-0.39, 0.29) is 0 Å². The van der Waals surface area contributed by atoms with Gasteiger partial charge in [-0.1, -0.05) is 6.92 Å². The predicted molar refractivity (Wildman–Crippen MR) is 61.6 cm³/mol. The molecule has 0 spiro atoms. The van der Waals surface area contributed by atoms with Crippen molar-refractivity contribution in [3.05, 3.63) is 0 Å². The van der Waals surface area contributed by atoms with Crippen molar-refractivity contribution in [1.29, 1.82) is 0 Å². The zero-order chi connectivity index (χ0) is 9.42. The van der Waals surface area contributed by atoms with Crippen molar-refractivity contribution in [1.82, 2.24) is 0 Å². The zero-order valence-corrected chi connectivity index (χ0v) is 10.2. The van der Waals surface area contributed by atoms with Gasteiger partial charge in [0.25, 0.3) is 0 Å². The Morgan fingerprint density at radius 3 is 2.08 bits per heavy atom. The topological polar surface area (TPSA) is 9.23 Å². The van der Waals surface area contributed by atoms with Crippen molar-refractivity contribution >= 4 is 30.7 Å². The Kier molecular flexibility index (Phi) is 3.23. The van der Waals surface area contributed by atoms with Crippen LogP contribution >= 0.6 is 0 Å². The van der Waals surface area contributed by atoms with Crippen LogP contribution in [-0.2, 0) is 34.9 Å². The summed E-state index contributed by atoms with van der Waals surface area (Å²) in [5.74, 6) is 2.89. The molecule has 0 N–H and O–H groups in total. The number of rotatable bonds is 3. The van der Waals surface area contributed by atoms with Crippen molar-refractivity contribution in [2.24, 2.45) is 17.8 Å². The molecule has 0 atom stereocenters. The lowest BCUT2D eigenvalue weighted by atomic mass is 9.62. The summed E-state index contributed by atoms with van der Waals surface area (Å²) in [4.78, 5) is 0. The average Bonchev–Trinajstić information content (AvgIpc) is 1.90. The summed E-state index contributed by atoms with van der Waals surface area (Å²) in [7, 11) is -0.647. The third-order valence-corrected chi connectivity index (χ3v) is 4.32. The minimum atomic E-state index is -0.647. The summed E-state index contributed by atoms with van der Waals surface area (Å²) >= 11 is 9.68. The van der Waals surface area contributed by atoms with Crippen molar-refractivity contribution in [2.75, 3.05) is 0 Å². The smallest absolute Gasteiger partial charge is 0.0353 e. The van der Waals surface area contributed by atoms with Gasteiger partial charge in [-0.2, -0.15) is 0 Å². The van der Waals surface area contributed by atoms with Gasteiger partial charge < -0.3 is 4.18 Å². The third kappa shape index (κ3) is 2.41. The molecular formula is C9H15OS3-. The average molecular weight is 235 g/mol.